The molecule has 1 aliphatic carbocycles. The van der Waals surface area contributed by atoms with E-state index in [9.17, 15) is 30.4 Å². The van der Waals surface area contributed by atoms with Crippen LogP contribution in [0.3, 0.4) is 0 Å². The minimum Gasteiger partial charge on any atom is -0.224 e. The van der Waals surface area contributed by atoms with E-state index in [0.29, 0.717) is 29.4 Å². The molecule has 0 radical (unpaired) electrons. The number of sulfone groups is 1. The fraction of sp³-hybridized carbons (Fsp3) is 0.158. The third-order valence-corrected chi connectivity index (χ3v) is 5.30. The summed E-state index contributed by atoms with van der Waals surface area (Å²) in [5, 5.41) is 0. The highest BCUT2D eigenvalue weighted by molar-refractivity contribution is 7.90. The molecule has 27 heavy (non-hydrogen) atoms. The van der Waals surface area contributed by atoms with Crippen molar-refractivity contribution < 1.29 is 30.4 Å². The van der Waals surface area contributed by atoms with Crippen molar-refractivity contribution in [3.05, 3.63) is 76.9 Å². The van der Waals surface area contributed by atoms with Gasteiger partial charge in [0.15, 0.2) is 9.84 Å². The van der Waals surface area contributed by atoms with Crippen molar-refractivity contribution in [1.82, 2.24) is 0 Å². The van der Waals surface area contributed by atoms with E-state index in [2.05, 4.69) is 0 Å². The summed E-state index contributed by atoms with van der Waals surface area (Å²) in [6.45, 7) is 0. The Bertz CT molecular complexity index is 1040. The Morgan fingerprint density at radius 2 is 1.48 bits per heavy atom. The molecule has 2 aromatic rings. The number of hydrogen-bond acceptors (Lipinski definition) is 2. The molecule has 0 N–H and O–H groups in total. The standard InChI is InChI=1S/C19H13F5O2S/c1-27(25,26)18-16(20)9-12(10-17(18)21)15-4-2-3-14(15)11-5-7-13(8-6-11)19(22,23)24/h2-3,5-10H,4H2,1H3. The summed E-state index contributed by atoms with van der Waals surface area (Å²) in [6.07, 6.45) is -0.0819. The van der Waals surface area contributed by atoms with Crippen molar-refractivity contribution in [2.45, 2.75) is 17.5 Å². The number of alkyl halides is 3. The van der Waals surface area contributed by atoms with Gasteiger partial charge in [-0.05, 0) is 53.0 Å². The maximum atomic E-state index is 14.2. The van der Waals surface area contributed by atoms with Gasteiger partial charge in [0.2, 0.25) is 0 Å². The molecule has 0 spiro atoms. The first-order valence-corrected chi connectivity index (χ1v) is 9.64. The average Bonchev–Trinajstić information content (AvgIpc) is 3.01. The second-order valence-corrected chi connectivity index (χ2v) is 8.07. The molecule has 0 saturated carbocycles. The number of benzene rings is 2. The van der Waals surface area contributed by atoms with Gasteiger partial charge in [-0.3, -0.25) is 0 Å². The first-order valence-electron chi connectivity index (χ1n) is 7.75. The Hall–Kier alpha value is -2.48. The normalized spacial score (nSPS) is 14.9. The van der Waals surface area contributed by atoms with Crippen molar-refractivity contribution in [3.63, 3.8) is 0 Å². The van der Waals surface area contributed by atoms with E-state index in [1.54, 1.807) is 12.2 Å². The SMILES string of the molecule is CS(=O)(=O)c1c(F)cc(C2=C(c3ccc(C(F)(F)F)cc3)C=CC2)cc1F. The molecule has 8 heteroatoms. The molecular formula is C19H13F5O2S. The van der Waals surface area contributed by atoms with Crippen LogP contribution < -0.4 is 0 Å². The maximum absolute atomic E-state index is 14.2. The predicted molar refractivity (Wildman–Crippen MR) is 91.5 cm³/mol. The van der Waals surface area contributed by atoms with Crippen LogP contribution in [0, 0.1) is 11.6 Å². The first-order chi connectivity index (χ1) is 12.5. The molecule has 2 aromatic carbocycles. The van der Waals surface area contributed by atoms with Gasteiger partial charge in [0, 0.05) is 6.26 Å². The summed E-state index contributed by atoms with van der Waals surface area (Å²) in [7, 11) is -4.08. The summed E-state index contributed by atoms with van der Waals surface area (Å²) in [4.78, 5) is -1.01. The lowest BCUT2D eigenvalue weighted by Crippen LogP contribution is -2.06. The minimum atomic E-state index is -4.46. The van der Waals surface area contributed by atoms with Crippen molar-refractivity contribution in [1.29, 1.82) is 0 Å². The van der Waals surface area contributed by atoms with Crippen LogP contribution in [-0.4, -0.2) is 14.7 Å². The molecule has 0 atom stereocenters. The lowest BCUT2D eigenvalue weighted by Gasteiger charge is -2.12. The number of rotatable bonds is 3. The molecule has 0 heterocycles. The van der Waals surface area contributed by atoms with Crippen LogP contribution in [-0.2, 0) is 16.0 Å². The smallest absolute Gasteiger partial charge is 0.224 e. The molecule has 1 aliphatic rings. The van der Waals surface area contributed by atoms with Gasteiger partial charge in [-0.25, -0.2) is 17.2 Å². The highest BCUT2D eigenvalue weighted by Gasteiger charge is 2.30. The van der Waals surface area contributed by atoms with Gasteiger partial charge in [-0.2, -0.15) is 13.2 Å². The lowest BCUT2D eigenvalue weighted by molar-refractivity contribution is -0.137. The van der Waals surface area contributed by atoms with E-state index >= 15 is 0 Å². The third-order valence-electron chi connectivity index (χ3n) is 4.17. The quantitative estimate of drug-likeness (QED) is 0.659. The fourth-order valence-electron chi connectivity index (χ4n) is 2.98. The monoisotopic (exact) mass is 400 g/mol. The van der Waals surface area contributed by atoms with Gasteiger partial charge in [0.1, 0.15) is 16.5 Å². The molecule has 0 fully saturated rings. The Morgan fingerprint density at radius 1 is 0.926 bits per heavy atom. The van der Waals surface area contributed by atoms with Crippen LogP contribution in [0.4, 0.5) is 22.0 Å². The zero-order valence-electron chi connectivity index (χ0n) is 13.9. The average molecular weight is 400 g/mol. The van der Waals surface area contributed by atoms with Gasteiger partial charge in [0.25, 0.3) is 0 Å². The van der Waals surface area contributed by atoms with Crippen LogP contribution >= 0.6 is 0 Å². The van der Waals surface area contributed by atoms with Gasteiger partial charge < -0.3 is 0 Å². The van der Waals surface area contributed by atoms with Crippen LogP contribution in [0.2, 0.25) is 0 Å². The summed E-state index contributed by atoms with van der Waals surface area (Å²) >= 11 is 0. The largest absolute Gasteiger partial charge is 0.416 e. The lowest BCUT2D eigenvalue weighted by atomic mass is 9.96. The van der Waals surface area contributed by atoms with Crippen LogP contribution in [0.15, 0.2) is 53.4 Å². The molecule has 0 aliphatic heterocycles. The van der Waals surface area contributed by atoms with Crippen LogP contribution in [0.1, 0.15) is 23.1 Å². The van der Waals surface area contributed by atoms with Gasteiger partial charge in [-0.15, -0.1) is 0 Å². The van der Waals surface area contributed by atoms with E-state index in [-0.39, 0.29) is 5.56 Å². The number of allylic oxidation sites excluding steroid dienone is 4. The maximum Gasteiger partial charge on any atom is 0.416 e. The zero-order chi connectivity index (χ0) is 20.0. The van der Waals surface area contributed by atoms with E-state index in [1.807, 2.05) is 0 Å². The topological polar surface area (TPSA) is 34.1 Å². The second kappa shape index (κ2) is 6.60. The molecule has 142 valence electrons. The minimum absolute atomic E-state index is 0.136. The Labute approximate surface area is 152 Å². The summed E-state index contributed by atoms with van der Waals surface area (Å²) in [5.74, 6) is -2.42. The molecule has 0 aromatic heterocycles. The van der Waals surface area contributed by atoms with Crippen molar-refractivity contribution in [2.75, 3.05) is 6.26 Å². The Balaban J connectivity index is 2.09. The van der Waals surface area contributed by atoms with E-state index in [1.165, 1.54) is 12.1 Å². The summed E-state index contributed by atoms with van der Waals surface area (Å²) in [6, 6.07) is 6.27. The zero-order valence-corrected chi connectivity index (χ0v) is 14.8. The highest BCUT2D eigenvalue weighted by Crippen LogP contribution is 2.38. The van der Waals surface area contributed by atoms with Gasteiger partial charge >= 0.3 is 6.18 Å². The predicted octanol–water partition coefficient (Wildman–Crippen LogP) is 5.26. The van der Waals surface area contributed by atoms with Crippen LogP contribution in [0.5, 0.6) is 0 Å². The molecule has 2 nitrogen and oxygen atoms in total. The van der Waals surface area contributed by atoms with Gasteiger partial charge in [0.05, 0.1) is 5.56 Å². The molecular weight excluding hydrogens is 387 g/mol. The molecule has 0 bridgehead atoms. The van der Waals surface area contributed by atoms with Crippen molar-refractivity contribution >= 4 is 21.0 Å². The van der Waals surface area contributed by atoms with E-state index < -0.39 is 38.1 Å². The number of hydrogen-bond donors (Lipinski definition) is 0. The van der Waals surface area contributed by atoms with Crippen LogP contribution in [0.25, 0.3) is 11.1 Å². The first kappa shape index (κ1) is 19.3. The molecule has 0 amide bonds. The number of halogens is 5. The fourth-order valence-corrected chi connectivity index (χ4v) is 3.80. The molecule has 0 saturated heterocycles. The molecule has 3 rings (SSSR count). The van der Waals surface area contributed by atoms with E-state index in [0.717, 1.165) is 24.3 Å². The summed E-state index contributed by atoms with van der Waals surface area (Å²) in [5.41, 5.74) is 0.810. The van der Waals surface area contributed by atoms with Crippen molar-refractivity contribution in [3.8, 4) is 0 Å². The Kier molecular flexibility index (Phi) is 4.71. The third kappa shape index (κ3) is 3.80. The van der Waals surface area contributed by atoms with E-state index in [4.69, 9.17) is 0 Å². The molecule has 0 unspecified atom stereocenters. The van der Waals surface area contributed by atoms with Crippen molar-refractivity contribution in [2.24, 2.45) is 0 Å². The summed E-state index contributed by atoms with van der Waals surface area (Å²) < 4.78 is 89.5. The Morgan fingerprint density at radius 3 is 1.96 bits per heavy atom. The second-order valence-electron chi connectivity index (χ2n) is 6.12. The highest BCUT2D eigenvalue weighted by atomic mass is 32.2. The van der Waals surface area contributed by atoms with Gasteiger partial charge in [-0.1, -0.05) is 24.3 Å².